The lowest BCUT2D eigenvalue weighted by atomic mass is 9.87. The third kappa shape index (κ3) is 6.88. The van der Waals surface area contributed by atoms with Gasteiger partial charge in [0.05, 0.1) is 11.2 Å². The summed E-state index contributed by atoms with van der Waals surface area (Å²) in [5.41, 5.74) is 3.45. The Morgan fingerprint density at radius 2 is 1.66 bits per heavy atom. The molecule has 8 heteroatoms. The number of carbonyl (C=O) groups excluding carboxylic acids is 2. The van der Waals surface area contributed by atoms with Crippen LogP contribution in [0.1, 0.15) is 43.2 Å². The summed E-state index contributed by atoms with van der Waals surface area (Å²) in [5.74, 6) is 6.72. The van der Waals surface area contributed by atoms with Crippen LogP contribution >= 0.6 is 11.8 Å². The van der Waals surface area contributed by atoms with E-state index >= 15 is 0 Å². The van der Waals surface area contributed by atoms with Crippen molar-refractivity contribution < 1.29 is 24.3 Å². The van der Waals surface area contributed by atoms with E-state index in [9.17, 15) is 14.8 Å². The lowest BCUT2D eigenvalue weighted by molar-refractivity contribution is -0.128. The number of carbonyl (C=O) groups is 2. The van der Waals surface area contributed by atoms with Gasteiger partial charge in [0.25, 0.3) is 5.91 Å². The van der Waals surface area contributed by atoms with Crippen molar-refractivity contribution in [3.63, 3.8) is 0 Å². The predicted octanol–water partition coefficient (Wildman–Crippen LogP) is 5.28. The Kier molecular flexibility index (Phi) is 9.68. The van der Waals surface area contributed by atoms with Gasteiger partial charge >= 0.3 is 0 Å². The zero-order valence-electron chi connectivity index (χ0n) is 21.1. The fourth-order valence-corrected chi connectivity index (χ4v) is 5.31. The first kappa shape index (κ1) is 27.1. The first-order chi connectivity index (χ1) is 18.6. The Morgan fingerprint density at radius 1 is 1.00 bits per heavy atom. The second-order valence-electron chi connectivity index (χ2n) is 8.67. The maximum atomic E-state index is 13.2. The minimum atomic E-state index is -0.470. The molecule has 1 aliphatic rings. The Balaban J connectivity index is 1.29. The van der Waals surface area contributed by atoms with Gasteiger partial charge in [0.2, 0.25) is 5.91 Å². The molecule has 1 atom stereocenters. The van der Waals surface area contributed by atoms with Gasteiger partial charge < -0.3 is 14.8 Å². The maximum absolute atomic E-state index is 13.2. The van der Waals surface area contributed by atoms with Crippen molar-refractivity contribution in [3.05, 3.63) is 83.9 Å². The van der Waals surface area contributed by atoms with Crippen LogP contribution in [-0.2, 0) is 9.59 Å². The van der Waals surface area contributed by atoms with Crippen molar-refractivity contribution in [1.29, 1.82) is 0 Å². The molecule has 7 nitrogen and oxygen atoms in total. The number of fused-ring (bicyclic) bond motifs is 2. The summed E-state index contributed by atoms with van der Waals surface area (Å²) in [7, 11) is 0. The van der Waals surface area contributed by atoms with E-state index in [4.69, 9.17) is 9.47 Å². The molecule has 3 N–H and O–H groups in total. The number of thioether (sulfide) groups is 1. The average molecular weight is 531 g/mol. The van der Waals surface area contributed by atoms with Gasteiger partial charge in [0.15, 0.2) is 0 Å². The number of hydroxylamine groups is 1. The van der Waals surface area contributed by atoms with Crippen LogP contribution in [0.4, 0.5) is 0 Å². The molecule has 0 aliphatic carbocycles. The molecule has 38 heavy (non-hydrogen) atoms. The van der Waals surface area contributed by atoms with Crippen molar-refractivity contribution in [2.75, 3.05) is 13.2 Å². The van der Waals surface area contributed by atoms with E-state index in [1.165, 1.54) is 11.8 Å². The van der Waals surface area contributed by atoms with Crippen molar-refractivity contribution in [1.82, 2.24) is 10.8 Å². The van der Waals surface area contributed by atoms with Gasteiger partial charge in [-0.15, -0.1) is 17.7 Å². The van der Waals surface area contributed by atoms with Crippen LogP contribution in [0.2, 0.25) is 0 Å². The lowest BCUT2D eigenvalue weighted by Gasteiger charge is -2.27. The van der Waals surface area contributed by atoms with E-state index in [2.05, 4.69) is 17.2 Å². The number of benzene rings is 3. The summed E-state index contributed by atoms with van der Waals surface area (Å²) in [6, 6.07) is 22.6. The van der Waals surface area contributed by atoms with E-state index in [1.54, 1.807) is 12.4 Å². The number of hydrogen-bond donors (Lipinski definition) is 3. The zero-order chi connectivity index (χ0) is 26.7. The van der Waals surface area contributed by atoms with Crippen LogP contribution in [0.25, 0.3) is 0 Å². The van der Waals surface area contributed by atoms with Crippen LogP contribution < -0.4 is 20.3 Å². The highest BCUT2D eigenvalue weighted by atomic mass is 32.2. The molecule has 4 rings (SSSR count). The van der Waals surface area contributed by atoms with E-state index in [-0.39, 0.29) is 5.91 Å². The maximum Gasteiger partial charge on any atom is 0.256 e. The smallest absolute Gasteiger partial charge is 0.256 e. The quantitative estimate of drug-likeness (QED) is 0.103. The molecule has 0 fully saturated rings. The van der Waals surface area contributed by atoms with Crippen molar-refractivity contribution >= 4 is 23.6 Å². The van der Waals surface area contributed by atoms with E-state index < -0.39 is 17.1 Å². The second-order valence-corrected chi connectivity index (χ2v) is 9.94. The number of unbranched alkanes of at least 4 members (excludes halogenated alkanes) is 1. The van der Waals surface area contributed by atoms with Gasteiger partial charge in [-0.1, -0.05) is 48.7 Å². The van der Waals surface area contributed by atoms with Gasteiger partial charge in [0, 0.05) is 22.6 Å². The molecule has 3 aromatic carbocycles. The molecule has 196 valence electrons. The topological polar surface area (TPSA) is 96.9 Å². The van der Waals surface area contributed by atoms with Crippen LogP contribution in [-0.4, -0.2) is 35.4 Å². The molecule has 0 aromatic heterocycles. The highest BCUT2D eigenvalue weighted by Crippen LogP contribution is 2.43. The van der Waals surface area contributed by atoms with Crippen molar-refractivity contribution in [2.45, 2.75) is 42.2 Å². The SMILES string of the molecule is CC#CCOc1ccc(SC(CCCCNC(=O)C2c3ccccc3Oc3ccccc32)C(=O)NO)cc1. The fraction of sp³-hybridized carbons (Fsp3) is 0.267. The van der Waals surface area contributed by atoms with Gasteiger partial charge in [0.1, 0.15) is 23.9 Å². The summed E-state index contributed by atoms with van der Waals surface area (Å²) in [5, 5.41) is 11.8. The Hall–Kier alpha value is -3.93. The highest BCUT2D eigenvalue weighted by Gasteiger charge is 2.32. The molecular formula is C30H30N2O5S. The Morgan fingerprint density at radius 3 is 2.29 bits per heavy atom. The van der Waals surface area contributed by atoms with Gasteiger partial charge in [-0.3, -0.25) is 14.8 Å². The van der Waals surface area contributed by atoms with E-state index in [1.807, 2.05) is 72.8 Å². The molecule has 0 radical (unpaired) electrons. The minimum absolute atomic E-state index is 0.0838. The summed E-state index contributed by atoms with van der Waals surface area (Å²) in [6.07, 6.45) is 1.93. The zero-order valence-corrected chi connectivity index (χ0v) is 21.9. The van der Waals surface area contributed by atoms with Crippen molar-refractivity contribution in [3.8, 4) is 29.1 Å². The number of para-hydroxylation sites is 2. The largest absolute Gasteiger partial charge is 0.481 e. The first-order valence-electron chi connectivity index (χ1n) is 12.5. The molecular weight excluding hydrogens is 500 g/mol. The molecule has 0 bridgehead atoms. The average Bonchev–Trinajstić information content (AvgIpc) is 2.95. The molecule has 1 heterocycles. The van der Waals surface area contributed by atoms with Crippen LogP contribution in [0.3, 0.4) is 0 Å². The van der Waals surface area contributed by atoms with Crippen LogP contribution in [0.15, 0.2) is 77.7 Å². The molecule has 0 spiro atoms. The molecule has 0 saturated carbocycles. The third-order valence-electron chi connectivity index (χ3n) is 6.13. The lowest BCUT2D eigenvalue weighted by Crippen LogP contribution is -2.33. The number of nitrogens with one attached hydrogen (secondary N) is 2. The highest BCUT2D eigenvalue weighted by molar-refractivity contribution is 8.00. The summed E-state index contributed by atoms with van der Waals surface area (Å²) in [6.45, 7) is 2.56. The van der Waals surface area contributed by atoms with Gasteiger partial charge in [-0.2, -0.15) is 0 Å². The monoisotopic (exact) mass is 530 g/mol. The molecule has 1 aliphatic heterocycles. The normalized spacial score (nSPS) is 12.6. The Bertz CT molecular complexity index is 1270. The van der Waals surface area contributed by atoms with Gasteiger partial charge in [-0.25, -0.2) is 5.48 Å². The fourth-order valence-electron chi connectivity index (χ4n) is 4.25. The van der Waals surface area contributed by atoms with Crippen molar-refractivity contribution in [2.24, 2.45) is 0 Å². The second kappa shape index (κ2) is 13.6. The summed E-state index contributed by atoms with van der Waals surface area (Å²) < 4.78 is 11.5. The number of ether oxygens (including phenoxy) is 2. The third-order valence-corrected chi connectivity index (χ3v) is 7.41. The summed E-state index contributed by atoms with van der Waals surface area (Å²) >= 11 is 1.37. The molecule has 3 aromatic rings. The standard InChI is InChI=1S/C30H30N2O5S/c1-2-3-20-36-21-15-17-22(18-16-21)38-27(29(33)32-35)14-8-9-19-31-30(34)28-23-10-4-6-12-25(23)37-26-13-7-5-11-24(26)28/h4-7,10-13,15-18,27-28,35H,8-9,14,19-20H2,1H3,(H,31,34)(H,32,33). The number of rotatable bonds is 11. The van der Waals surface area contributed by atoms with Gasteiger partial charge in [-0.05, 0) is 56.2 Å². The first-order valence-corrected chi connectivity index (χ1v) is 13.3. The summed E-state index contributed by atoms with van der Waals surface area (Å²) in [4.78, 5) is 26.4. The number of hydrogen-bond acceptors (Lipinski definition) is 6. The Labute approximate surface area is 226 Å². The molecule has 0 saturated heterocycles. The number of amides is 2. The predicted molar refractivity (Wildman–Crippen MR) is 147 cm³/mol. The van der Waals surface area contributed by atoms with Crippen LogP contribution in [0, 0.1) is 11.8 Å². The molecule has 2 amide bonds. The van der Waals surface area contributed by atoms with E-state index in [0.717, 1.165) is 16.0 Å². The minimum Gasteiger partial charge on any atom is -0.481 e. The van der Waals surface area contributed by atoms with E-state index in [0.29, 0.717) is 49.7 Å². The van der Waals surface area contributed by atoms with Crippen LogP contribution in [0.5, 0.6) is 17.2 Å². The molecule has 1 unspecified atom stereocenters.